The van der Waals surface area contributed by atoms with Crippen LogP contribution in [0.25, 0.3) is 0 Å². The lowest BCUT2D eigenvalue weighted by Crippen LogP contribution is -2.47. The third-order valence-electron chi connectivity index (χ3n) is 5.19. The highest BCUT2D eigenvalue weighted by atomic mass is 32.2. The van der Waals surface area contributed by atoms with Crippen LogP contribution in [0.2, 0.25) is 0 Å². The number of nitrogens with zero attached hydrogens (tertiary/aromatic N) is 1. The number of benzene rings is 2. The lowest BCUT2D eigenvalue weighted by Gasteiger charge is -2.26. The zero-order chi connectivity index (χ0) is 23.3. The molecular weight excluding hydrogens is 437 g/mol. The Kier molecular flexibility index (Phi) is 7.47. The summed E-state index contributed by atoms with van der Waals surface area (Å²) in [5.74, 6) is -2.09. The molecule has 2 N–H and O–H groups in total. The molecule has 8 nitrogen and oxygen atoms in total. The van der Waals surface area contributed by atoms with Crippen molar-refractivity contribution in [3.05, 3.63) is 59.4 Å². The maximum atomic E-state index is 13.7. The van der Waals surface area contributed by atoms with Crippen molar-refractivity contribution in [2.24, 2.45) is 0 Å². The van der Waals surface area contributed by atoms with E-state index in [-0.39, 0.29) is 16.2 Å². The number of aryl methyl sites for hydroxylation is 1. The van der Waals surface area contributed by atoms with Gasteiger partial charge in [-0.15, -0.1) is 0 Å². The van der Waals surface area contributed by atoms with Gasteiger partial charge in [0.25, 0.3) is 11.8 Å². The molecule has 2 aromatic rings. The zero-order valence-corrected chi connectivity index (χ0v) is 18.7. The van der Waals surface area contributed by atoms with Crippen molar-refractivity contribution in [3.8, 4) is 5.75 Å². The molecule has 1 aliphatic rings. The second-order valence-electron chi connectivity index (χ2n) is 7.58. The molecule has 0 bridgehead atoms. The minimum Gasteiger partial charge on any atom is -0.478 e. The first kappa shape index (κ1) is 23.7. The molecule has 10 heteroatoms. The van der Waals surface area contributed by atoms with E-state index < -0.39 is 33.8 Å². The van der Waals surface area contributed by atoms with Crippen LogP contribution in [0.1, 0.15) is 42.1 Å². The van der Waals surface area contributed by atoms with Gasteiger partial charge in [0.2, 0.25) is 10.0 Å². The molecule has 0 aliphatic carbocycles. The third-order valence-corrected chi connectivity index (χ3v) is 7.23. The Labute approximate surface area is 186 Å². The summed E-state index contributed by atoms with van der Waals surface area (Å²) in [5, 5.41) is 0. The molecule has 1 saturated heterocycles. The Hall–Kier alpha value is -2.98. The molecule has 2 aromatic carbocycles. The van der Waals surface area contributed by atoms with E-state index in [0.29, 0.717) is 18.7 Å². The summed E-state index contributed by atoms with van der Waals surface area (Å²) in [6.07, 6.45) is 1.52. The molecule has 1 unspecified atom stereocenters. The molecule has 1 fully saturated rings. The van der Waals surface area contributed by atoms with Crippen LogP contribution in [-0.2, 0) is 14.8 Å². The van der Waals surface area contributed by atoms with Gasteiger partial charge >= 0.3 is 0 Å². The average molecular weight is 464 g/mol. The molecular formula is C22H26FN3O5S. The summed E-state index contributed by atoms with van der Waals surface area (Å²) in [4.78, 5) is 24.8. The smallest absolute Gasteiger partial charge is 0.279 e. The third kappa shape index (κ3) is 5.43. The molecule has 1 atom stereocenters. The Bertz CT molecular complexity index is 1100. The number of carbonyl (C=O) groups excluding carboxylic acids is 2. The van der Waals surface area contributed by atoms with Crippen LogP contribution in [0, 0.1) is 12.7 Å². The fourth-order valence-electron chi connectivity index (χ4n) is 3.34. The summed E-state index contributed by atoms with van der Waals surface area (Å²) >= 11 is 0. The van der Waals surface area contributed by atoms with Crippen LogP contribution >= 0.6 is 0 Å². The normalized spacial score (nSPS) is 15.6. The second kappa shape index (κ2) is 10.1. The van der Waals surface area contributed by atoms with E-state index in [9.17, 15) is 22.4 Å². The van der Waals surface area contributed by atoms with Crippen molar-refractivity contribution in [2.75, 3.05) is 13.1 Å². The van der Waals surface area contributed by atoms with E-state index in [0.717, 1.165) is 19.3 Å². The van der Waals surface area contributed by atoms with Crippen LogP contribution < -0.4 is 15.6 Å². The Morgan fingerprint density at radius 3 is 2.44 bits per heavy atom. The van der Waals surface area contributed by atoms with E-state index in [4.69, 9.17) is 4.74 Å². The minimum absolute atomic E-state index is 0.0645. The van der Waals surface area contributed by atoms with Gasteiger partial charge in [0.1, 0.15) is 0 Å². The van der Waals surface area contributed by atoms with Crippen molar-refractivity contribution < 1.29 is 27.1 Å². The number of para-hydroxylation sites is 1. The fourth-order valence-corrected chi connectivity index (χ4v) is 5.11. The number of piperidine rings is 1. The number of amides is 2. The molecule has 1 heterocycles. The summed E-state index contributed by atoms with van der Waals surface area (Å²) in [7, 11) is -3.72. The number of ether oxygens (including phenoxy) is 1. The highest BCUT2D eigenvalue weighted by molar-refractivity contribution is 7.89. The van der Waals surface area contributed by atoms with Gasteiger partial charge in [0, 0.05) is 18.7 Å². The number of hydrogen-bond donors (Lipinski definition) is 2. The van der Waals surface area contributed by atoms with E-state index >= 15 is 0 Å². The van der Waals surface area contributed by atoms with Crippen LogP contribution in [0.15, 0.2) is 47.4 Å². The lowest BCUT2D eigenvalue weighted by atomic mass is 10.1. The molecule has 172 valence electrons. The first-order chi connectivity index (χ1) is 15.2. The van der Waals surface area contributed by atoms with Gasteiger partial charge in [-0.2, -0.15) is 4.31 Å². The Morgan fingerprint density at radius 1 is 1.06 bits per heavy atom. The molecule has 0 saturated carbocycles. The molecule has 0 radical (unpaired) electrons. The first-order valence-corrected chi connectivity index (χ1v) is 11.8. The Morgan fingerprint density at radius 2 is 1.75 bits per heavy atom. The van der Waals surface area contributed by atoms with Gasteiger partial charge < -0.3 is 4.74 Å². The summed E-state index contributed by atoms with van der Waals surface area (Å²) in [5.41, 5.74) is 5.06. The molecule has 3 rings (SSSR count). The fraction of sp³-hybridized carbons (Fsp3) is 0.364. The van der Waals surface area contributed by atoms with Crippen LogP contribution in [-0.4, -0.2) is 43.7 Å². The number of sulfonamides is 1. The van der Waals surface area contributed by atoms with E-state index in [1.54, 1.807) is 19.1 Å². The Balaban J connectivity index is 1.66. The zero-order valence-electron chi connectivity index (χ0n) is 17.9. The van der Waals surface area contributed by atoms with E-state index in [1.807, 2.05) is 0 Å². The van der Waals surface area contributed by atoms with Gasteiger partial charge in [-0.25, -0.2) is 12.8 Å². The van der Waals surface area contributed by atoms with Crippen molar-refractivity contribution in [3.63, 3.8) is 0 Å². The van der Waals surface area contributed by atoms with Gasteiger partial charge in [0.15, 0.2) is 17.7 Å². The SMILES string of the molecule is Cc1ccc(C(=O)NNC(=O)C(C)Oc2ccccc2F)cc1S(=O)(=O)N1CCCCC1. The number of hydrazine groups is 1. The van der Waals surface area contributed by atoms with Gasteiger partial charge in [-0.05, 0) is 56.5 Å². The van der Waals surface area contributed by atoms with Crippen molar-refractivity contribution >= 4 is 21.8 Å². The maximum Gasteiger partial charge on any atom is 0.279 e. The summed E-state index contributed by atoms with van der Waals surface area (Å²) in [6.45, 7) is 3.98. The molecule has 2 amide bonds. The minimum atomic E-state index is -3.72. The highest BCUT2D eigenvalue weighted by Gasteiger charge is 2.28. The second-order valence-corrected chi connectivity index (χ2v) is 9.49. The average Bonchev–Trinajstić information content (AvgIpc) is 2.79. The number of halogens is 1. The summed E-state index contributed by atoms with van der Waals surface area (Å²) in [6, 6.07) is 9.98. The van der Waals surface area contributed by atoms with Crippen LogP contribution in [0.5, 0.6) is 5.75 Å². The number of hydrogen-bond acceptors (Lipinski definition) is 5. The number of carbonyl (C=O) groups is 2. The highest BCUT2D eigenvalue weighted by Crippen LogP contribution is 2.24. The number of nitrogens with one attached hydrogen (secondary N) is 2. The maximum absolute atomic E-state index is 13.7. The van der Waals surface area contributed by atoms with Crippen molar-refractivity contribution in [1.29, 1.82) is 0 Å². The predicted molar refractivity (Wildman–Crippen MR) is 116 cm³/mol. The molecule has 0 spiro atoms. The quantitative estimate of drug-likeness (QED) is 0.641. The van der Waals surface area contributed by atoms with E-state index in [2.05, 4.69) is 10.9 Å². The molecule has 0 aromatic heterocycles. The standard InChI is InChI=1S/C22H26FN3O5S/c1-15-10-11-17(14-20(15)32(29,30)26-12-6-3-7-13-26)22(28)25-24-21(27)16(2)31-19-9-5-4-8-18(19)23/h4-5,8-11,14,16H,3,6-7,12-13H2,1-2H3,(H,24,27)(H,25,28). The number of rotatable bonds is 6. The van der Waals surface area contributed by atoms with Crippen molar-refractivity contribution in [1.82, 2.24) is 15.2 Å². The van der Waals surface area contributed by atoms with Crippen LogP contribution in [0.4, 0.5) is 4.39 Å². The lowest BCUT2D eigenvalue weighted by molar-refractivity contribution is -0.128. The van der Waals surface area contributed by atoms with Crippen LogP contribution in [0.3, 0.4) is 0 Å². The largest absolute Gasteiger partial charge is 0.478 e. The van der Waals surface area contributed by atoms with Crippen molar-refractivity contribution in [2.45, 2.75) is 44.1 Å². The van der Waals surface area contributed by atoms with Gasteiger partial charge in [-0.3, -0.25) is 20.4 Å². The van der Waals surface area contributed by atoms with Gasteiger partial charge in [-0.1, -0.05) is 24.6 Å². The first-order valence-electron chi connectivity index (χ1n) is 10.3. The van der Waals surface area contributed by atoms with Gasteiger partial charge in [0.05, 0.1) is 4.90 Å². The monoisotopic (exact) mass is 463 g/mol. The molecule has 32 heavy (non-hydrogen) atoms. The summed E-state index contributed by atoms with van der Waals surface area (Å²) < 4.78 is 46.4. The van der Waals surface area contributed by atoms with E-state index in [1.165, 1.54) is 41.6 Å². The molecule has 1 aliphatic heterocycles. The topological polar surface area (TPSA) is 105 Å². The predicted octanol–water partition coefficient (Wildman–Crippen LogP) is 2.54.